The van der Waals surface area contributed by atoms with Crippen LogP contribution in [0.2, 0.25) is 0 Å². The van der Waals surface area contributed by atoms with E-state index in [-0.39, 0.29) is 0 Å². The van der Waals surface area contributed by atoms with E-state index in [0.717, 1.165) is 43.3 Å². The summed E-state index contributed by atoms with van der Waals surface area (Å²) in [6, 6.07) is 6.53. The highest BCUT2D eigenvalue weighted by molar-refractivity contribution is 5.44. The SMILES string of the molecule is NC1CC(CNCc2ccc3c(c2)OCO3)C1. The second kappa shape index (κ2) is 4.55. The van der Waals surface area contributed by atoms with Crippen molar-refractivity contribution in [2.45, 2.75) is 25.4 Å². The molecule has 1 aromatic rings. The summed E-state index contributed by atoms with van der Waals surface area (Å²) in [5.41, 5.74) is 6.99. The van der Waals surface area contributed by atoms with Crippen LogP contribution in [0.4, 0.5) is 0 Å². The van der Waals surface area contributed by atoms with E-state index in [1.54, 1.807) is 0 Å². The molecule has 3 N–H and O–H groups in total. The second-order valence-corrected chi connectivity index (χ2v) is 4.92. The van der Waals surface area contributed by atoms with Crippen molar-refractivity contribution in [1.29, 1.82) is 0 Å². The van der Waals surface area contributed by atoms with Gasteiger partial charge in [0, 0.05) is 12.6 Å². The lowest BCUT2D eigenvalue weighted by Crippen LogP contribution is -2.41. The Morgan fingerprint density at radius 1 is 1.24 bits per heavy atom. The van der Waals surface area contributed by atoms with Crippen molar-refractivity contribution in [1.82, 2.24) is 5.32 Å². The lowest BCUT2D eigenvalue weighted by Gasteiger charge is -2.32. The fourth-order valence-corrected chi connectivity index (χ4v) is 2.43. The number of hydrogen-bond donors (Lipinski definition) is 2. The summed E-state index contributed by atoms with van der Waals surface area (Å²) in [5, 5.41) is 3.46. The average molecular weight is 234 g/mol. The topological polar surface area (TPSA) is 56.5 Å². The Bertz CT molecular complexity index is 402. The Hall–Kier alpha value is -1.26. The molecule has 4 heteroatoms. The predicted octanol–water partition coefficient (Wildman–Crippen LogP) is 1.24. The number of hydrogen-bond acceptors (Lipinski definition) is 4. The van der Waals surface area contributed by atoms with Gasteiger partial charge in [0.1, 0.15) is 0 Å². The molecule has 1 fully saturated rings. The Kier molecular flexibility index (Phi) is 2.91. The van der Waals surface area contributed by atoms with E-state index < -0.39 is 0 Å². The number of benzene rings is 1. The molecule has 4 nitrogen and oxygen atoms in total. The van der Waals surface area contributed by atoms with Gasteiger partial charge in [-0.15, -0.1) is 0 Å². The number of nitrogens with one attached hydrogen (secondary N) is 1. The van der Waals surface area contributed by atoms with Gasteiger partial charge in [-0.25, -0.2) is 0 Å². The summed E-state index contributed by atoms with van der Waals surface area (Å²) >= 11 is 0. The standard InChI is InChI=1S/C13H18N2O2/c14-11-3-10(4-11)7-15-6-9-1-2-12-13(5-9)17-8-16-12/h1-2,5,10-11,15H,3-4,6-8,14H2. The molecule has 92 valence electrons. The molecule has 0 atom stereocenters. The van der Waals surface area contributed by atoms with Crippen molar-refractivity contribution in [3.63, 3.8) is 0 Å². The highest BCUT2D eigenvalue weighted by Gasteiger charge is 2.25. The van der Waals surface area contributed by atoms with Crippen molar-refractivity contribution in [3.05, 3.63) is 23.8 Å². The Balaban J connectivity index is 1.48. The zero-order chi connectivity index (χ0) is 11.7. The fraction of sp³-hybridized carbons (Fsp3) is 0.538. The van der Waals surface area contributed by atoms with E-state index in [4.69, 9.17) is 15.2 Å². The fourth-order valence-electron chi connectivity index (χ4n) is 2.43. The van der Waals surface area contributed by atoms with E-state index in [1.807, 2.05) is 12.1 Å². The van der Waals surface area contributed by atoms with Crippen molar-refractivity contribution in [2.75, 3.05) is 13.3 Å². The van der Waals surface area contributed by atoms with E-state index in [1.165, 1.54) is 5.56 Å². The summed E-state index contributed by atoms with van der Waals surface area (Å²) in [4.78, 5) is 0. The van der Waals surface area contributed by atoms with Crippen LogP contribution in [-0.4, -0.2) is 19.4 Å². The maximum atomic E-state index is 5.75. The van der Waals surface area contributed by atoms with E-state index in [9.17, 15) is 0 Å². The van der Waals surface area contributed by atoms with Crippen LogP contribution in [0.25, 0.3) is 0 Å². The quantitative estimate of drug-likeness (QED) is 0.823. The van der Waals surface area contributed by atoms with Gasteiger partial charge < -0.3 is 20.5 Å². The molecule has 2 aliphatic rings. The molecular weight excluding hydrogens is 216 g/mol. The average Bonchev–Trinajstić information content (AvgIpc) is 2.73. The second-order valence-electron chi connectivity index (χ2n) is 4.92. The minimum Gasteiger partial charge on any atom is -0.454 e. The molecule has 17 heavy (non-hydrogen) atoms. The van der Waals surface area contributed by atoms with Crippen LogP contribution < -0.4 is 20.5 Å². The van der Waals surface area contributed by atoms with E-state index in [0.29, 0.717) is 12.8 Å². The maximum Gasteiger partial charge on any atom is 0.231 e. The Morgan fingerprint density at radius 2 is 2.06 bits per heavy atom. The number of ether oxygens (including phenoxy) is 2. The third-order valence-corrected chi connectivity index (χ3v) is 3.47. The molecule has 1 aromatic carbocycles. The lowest BCUT2D eigenvalue weighted by atomic mass is 9.81. The highest BCUT2D eigenvalue weighted by Crippen LogP contribution is 2.32. The number of rotatable bonds is 4. The molecule has 0 radical (unpaired) electrons. The summed E-state index contributed by atoms with van der Waals surface area (Å²) < 4.78 is 10.6. The van der Waals surface area contributed by atoms with Crippen LogP contribution in [0.15, 0.2) is 18.2 Å². The minimum absolute atomic E-state index is 0.339. The zero-order valence-corrected chi connectivity index (χ0v) is 9.82. The Morgan fingerprint density at radius 3 is 2.88 bits per heavy atom. The lowest BCUT2D eigenvalue weighted by molar-refractivity contribution is 0.174. The van der Waals surface area contributed by atoms with Gasteiger partial charge in [0.2, 0.25) is 6.79 Å². The number of fused-ring (bicyclic) bond motifs is 1. The van der Waals surface area contributed by atoms with Gasteiger partial charge in [0.15, 0.2) is 11.5 Å². The van der Waals surface area contributed by atoms with Crippen LogP contribution in [0.1, 0.15) is 18.4 Å². The summed E-state index contributed by atoms with van der Waals surface area (Å²) in [6.45, 7) is 2.27. The molecule has 1 aliphatic carbocycles. The normalized spacial score (nSPS) is 25.7. The van der Waals surface area contributed by atoms with Gasteiger partial charge in [-0.2, -0.15) is 0 Å². The van der Waals surface area contributed by atoms with Crippen LogP contribution in [0.5, 0.6) is 11.5 Å². The van der Waals surface area contributed by atoms with E-state index >= 15 is 0 Å². The Labute approximate surface area is 101 Å². The van der Waals surface area contributed by atoms with Crippen molar-refractivity contribution in [2.24, 2.45) is 11.7 Å². The molecule has 1 aliphatic heterocycles. The minimum atomic E-state index is 0.339. The van der Waals surface area contributed by atoms with Crippen LogP contribution in [-0.2, 0) is 6.54 Å². The molecule has 0 aromatic heterocycles. The van der Waals surface area contributed by atoms with Gasteiger partial charge in [0.05, 0.1) is 0 Å². The van der Waals surface area contributed by atoms with Gasteiger partial charge in [-0.3, -0.25) is 0 Å². The van der Waals surface area contributed by atoms with Crippen molar-refractivity contribution in [3.8, 4) is 11.5 Å². The molecule has 0 bridgehead atoms. The first-order valence-corrected chi connectivity index (χ1v) is 6.16. The molecule has 0 unspecified atom stereocenters. The summed E-state index contributed by atoms with van der Waals surface area (Å²) in [7, 11) is 0. The number of nitrogens with two attached hydrogens (primary N) is 1. The first kappa shape index (κ1) is 10.9. The summed E-state index contributed by atoms with van der Waals surface area (Å²) in [6.07, 6.45) is 2.32. The molecule has 3 rings (SSSR count). The van der Waals surface area contributed by atoms with E-state index in [2.05, 4.69) is 11.4 Å². The molecule has 0 saturated heterocycles. The largest absolute Gasteiger partial charge is 0.454 e. The predicted molar refractivity (Wildman–Crippen MR) is 65.0 cm³/mol. The first-order valence-electron chi connectivity index (χ1n) is 6.16. The summed E-state index contributed by atoms with van der Waals surface area (Å²) in [5.74, 6) is 2.47. The zero-order valence-electron chi connectivity index (χ0n) is 9.82. The highest BCUT2D eigenvalue weighted by atomic mass is 16.7. The third kappa shape index (κ3) is 2.37. The molecule has 1 heterocycles. The van der Waals surface area contributed by atoms with Crippen molar-refractivity contribution >= 4 is 0 Å². The van der Waals surface area contributed by atoms with Gasteiger partial charge >= 0.3 is 0 Å². The molecule has 0 spiro atoms. The molecule has 0 amide bonds. The van der Waals surface area contributed by atoms with Gasteiger partial charge in [-0.05, 0) is 43.0 Å². The van der Waals surface area contributed by atoms with Crippen LogP contribution >= 0.6 is 0 Å². The smallest absolute Gasteiger partial charge is 0.231 e. The van der Waals surface area contributed by atoms with Crippen molar-refractivity contribution < 1.29 is 9.47 Å². The third-order valence-electron chi connectivity index (χ3n) is 3.47. The maximum absolute atomic E-state index is 5.75. The van der Waals surface area contributed by atoms with Crippen LogP contribution in [0, 0.1) is 5.92 Å². The van der Waals surface area contributed by atoms with Gasteiger partial charge in [-0.1, -0.05) is 6.07 Å². The first-order chi connectivity index (χ1) is 8.31. The van der Waals surface area contributed by atoms with Crippen LogP contribution in [0.3, 0.4) is 0 Å². The molecule has 1 saturated carbocycles. The monoisotopic (exact) mass is 234 g/mol. The molecular formula is C13H18N2O2. The van der Waals surface area contributed by atoms with Gasteiger partial charge in [0.25, 0.3) is 0 Å².